The van der Waals surface area contributed by atoms with Crippen LogP contribution in [-0.2, 0) is 0 Å². The fraction of sp³-hybridized carbons (Fsp3) is 0. The highest BCUT2D eigenvalue weighted by atomic mass is 32.1. The summed E-state index contributed by atoms with van der Waals surface area (Å²) in [6.07, 6.45) is 3.65. The average Bonchev–Trinajstić information content (AvgIpc) is 2.65. The van der Waals surface area contributed by atoms with Crippen molar-refractivity contribution in [3.05, 3.63) is 30.6 Å². The van der Waals surface area contributed by atoms with Gasteiger partial charge in [-0.05, 0) is 29.1 Å². The van der Waals surface area contributed by atoms with Crippen LogP contribution in [-0.4, -0.2) is 14.6 Å². The molecule has 0 bridgehead atoms. The van der Waals surface area contributed by atoms with E-state index in [9.17, 15) is 0 Å². The van der Waals surface area contributed by atoms with E-state index in [0.717, 1.165) is 15.6 Å². The Hall–Kier alpha value is -1.55. The summed E-state index contributed by atoms with van der Waals surface area (Å²) in [5, 5.41) is 6.33. The maximum absolute atomic E-state index is 4.09. The molecule has 3 rings (SSSR count). The van der Waals surface area contributed by atoms with Crippen LogP contribution in [0.25, 0.3) is 21.0 Å². The van der Waals surface area contributed by atoms with E-state index in [0.29, 0.717) is 0 Å². The standard InChI is InChI=1S/C9H5N3S/c1-2-8-9(13-12-11-8)7-5-10-4-3-6(1)7/h1-5H. The van der Waals surface area contributed by atoms with Gasteiger partial charge in [0.1, 0.15) is 5.52 Å². The Bertz CT molecular complexity index is 573. The van der Waals surface area contributed by atoms with Gasteiger partial charge in [0.2, 0.25) is 0 Å². The van der Waals surface area contributed by atoms with Gasteiger partial charge in [-0.15, -0.1) is 5.10 Å². The number of nitrogens with zero attached hydrogens (tertiary/aromatic N) is 3. The summed E-state index contributed by atoms with van der Waals surface area (Å²) < 4.78 is 5.03. The third-order valence-corrected chi connectivity index (χ3v) is 2.81. The Morgan fingerprint density at radius 1 is 1.15 bits per heavy atom. The highest BCUT2D eigenvalue weighted by Gasteiger charge is 2.02. The number of fused-ring (bicyclic) bond motifs is 3. The molecule has 2 heterocycles. The van der Waals surface area contributed by atoms with Crippen LogP contribution in [0.5, 0.6) is 0 Å². The van der Waals surface area contributed by atoms with Crippen molar-refractivity contribution in [2.24, 2.45) is 0 Å². The molecule has 0 aliphatic rings. The molecule has 13 heavy (non-hydrogen) atoms. The van der Waals surface area contributed by atoms with Crippen molar-refractivity contribution in [1.29, 1.82) is 0 Å². The molecule has 0 atom stereocenters. The Morgan fingerprint density at radius 2 is 2.15 bits per heavy atom. The quantitative estimate of drug-likeness (QED) is 0.541. The molecule has 0 aliphatic carbocycles. The summed E-state index contributed by atoms with van der Waals surface area (Å²) in [6, 6.07) is 6.02. The molecule has 0 radical (unpaired) electrons. The first-order valence-electron chi connectivity index (χ1n) is 3.90. The summed E-state index contributed by atoms with van der Waals surface area (Å²) in [5.74, 6) is 0. The van der Waals surface area contributed by atoms with Gasteiger partial charge in [-0.2, -0.15) is 0 Å². The lowest BCUT2D eigenvalue weighted by atomic mass is 10.2. The van der Waals surface area contributed by atoms with E-state index in [4.69, 9.17) is 0 Å². The van der Waals surface area contributed by atoms with E-state index in [-0.39, 0.29) is 0 Å². The second kappa shape index (κ2) is 2.47. The van der Waals surface area contributed by atoms with Crippen LogP contribution in [0.3, 0.4) is 0 Å². The number of pyridine rings is 1. The highest BCUT2D eigenvalue weighted by molar-refractivity contribution is 7.14. The minimum atomic E-state index is 0.950. The molecular weight excluding hydrogens is 182 g/mol. The zero-order valence-electron chi connectivity index (χ0n) is 6.64. The van der Waals surface area contributed by atoms with Crippen molar-refractivity contribution in [3.8, 4) is 0 Å². The lowest BCUT2D eigenvalue weighted by Crippen LogP contribution is -1.75. The van der Waals surface area contributed by atoms with Crippen LogP contribution in [0.15, 0.2) is 30.6 Å². The summed E-state index contributed by atoms with van der Waals surface area (Å²) in [6.45, 7) is 0. The van der Waals surface area contributed by atoms with Gasteiger partial charge in [-0.3, -0.25) is 4.98 Å². The lowest BCUT2D eigenvalue weighted by Gasteiger charge is -1.94. The van der Waals surface area contributed by atoms with E-state index in [1.807, 2.05) is 24.4 Å². The number of benzene rings is 1. The molecule has 0 saturated heterocycles. The third kappa shape index (κ3) is 0.922. The summed E-state index contributed by atoms with van der Waals surface area (Å²) in [5.41, 5.74) is 0.950. The summed E-state index contributed by atoms with van der Waals surface area (Å²) in [4.78, 5) is 4.09. The van der Waals surface area contributed by atoms with E-state index < -0.39 is 0 Å². The smallest absolute Gasteiger partial charge is 0.106 e. The second-order valence-electron chi connectivity index (χ2n) is 2.78. The first-order valence-corrected chi connectivity index (χ1v) is 4.67. The van der Waals surface area contributed by atoms with Crippen LogP contribution in [0, 0.1) is 0 Å². The normalized spacial score (nSPS) is 11.1. The molecule has 0 unspecified atom stereocenters. The summed E-state index contributed by atoms with van der Waals surface area (Å²) in [7, 11) is 0. The van der Waals surface area contributed by atoms with Crippen molar-refractivity contribution < 1.29 is 0 Å². The van der Waals surface area contributed by atoms with Crippen LogP contribution in [0.2, 0.25) is 0 Å². The topological polar surface area (TPSA) is 38.7 Å². The Kier molecular flexibility index (Phi) is 1.31. The van der Waals surface area contributed by atoms with Gasteiger partial charge in [-0.25, -0.2) is 0 Å². The minimum absolute atomic E-state index is 0.950. The molecule has 1 aromatic carbocycles. The van der Waals surface area contributed by atoms with Crippen LogP contribution >= 0.6 is 11.5 Å². The number of rotatable bonds is 0. The molecule has 0 spiro atoms. The van der Waals surface area contributed by atoms with Gasteiger partial charge in [0.05, 0.1) is 4.70 Å². The van der Waals surface area contributed by atoms with Crippen LogP contribution in [0.4, 0.5) is 0 Å². The minimum Gasteiger partial charge on any atom is -0.264 e. The molecule has 0 amide bonds. The molecule has 62 valence electrons. The number of aromatic nitrogens is 3. The van der Waals surface area contributed by atoms with Gasteiger partial charge in [0, 0.05) is 17.8 Å². The lowest BCUT2D eigenvalue weighted by molar-refractivity contribution is 1.20. The number of hydrogen-bond donors (Lipinski definition) is 0. The molecular formula is C9H5N3S. The Balaban J connectivity index is 2.65. The molecule has 0 aliphatic heterocycles. The SMILES string of the molecule is c1cc2ccc3nnsc3c2cn1. The van der Waals surface area contributed by atoms with Crippen LogP contribution < -0.4 is 0 Å². The zero-order valence-corrected chi connectivity index (χ0v) is 7.45. The molecule has 3 aromatic rings. The first-order chi connectivity index (χ1) is 6.45. The van der Waals surface area contributed by atoms with E-state index in [1.54, 1.807) is 6.20 Å². The van der Waals surface area contributed by atoms with Gasteiger partial charge >= 0.3 is 0 Å². The molecule has 3 nitrogen and oxygen atoms in total. The molecule has 4 heteroatoms. The molecule has 2 aromatic heterocycles. The first kappa shape index (κ1) is 6.91. The highest BCUT2D eigenvalue weighted by Crippen LogP contribution is 2.25. The van der Waals surface area contributed by atoms with Crippen molar-refractivity contribution in [2.75, 3.05) is 0 Å². The van der Waals surface area contributed by atoms with Gasteiger partial charge in [0.15, 0.2) is 0 Å². The Morgan fingerprint density at radius 3 is 3.15 bits per heavy atom. The Labute approximate surface area is 78.2 Å². The maximum Gasteiger partial charge on any atom is 0.106 e. The van der Waals surface area contributed by atoms with E-state index in [1.165, 1.54) is 16.9 Å². The average molecular weight is 187 g/mol. The monoisotopic (exact) mass is 187 g/mol. The molecule has 0 N–H and O–H groups in total. The van der Waals surface area contributed by atoms with Gasteiger partial charge < -0.3 is 0 Å². The summed E-state index contributed by atoms with van der Waals surface area (Å²) >= 11 is 1.42. The van der Waals surface area contributed by atoms with Crippen molar-refractivity contribution in [3.63, 3.8) is 0 Å². The van der Waals surface area contributed by atoms with Crippen molar-refractivity contribution in [2.45, 2.75) is 0 Å². The number of hydrogen-bond acceptors (Lipinski definition) is 4. The molecule has 0 saturated carbocycles. The van der Waals surface area contributed by atoms with Gasteiger partial charge in [-0.1, -0.05) is 10.6 Å². The van der Waals surface area contributed by atoms with E-state index >= 15 is 0 Å². The van der Waals surface area contributed by atoms with Gasteiger partial charge in [0.25, 0.3) is 0 Å². The fourth-order valence-electron chi connectivity index (χ4n) is 1.40. The van der Waals surface area contributed by atoms with Crippen molar-refractivity contribution >= 4 is 32.5 Å². The fourth-order valence-corrected chi connectivity index (χ4v) is 2.08. The van der Waals surface area contributed by atoms with Crippen LogP contribution in [0.1, 0.15) is 0 Å². The maximum atomic E-state index is 4.09. The second-order valence-corrected chi connectivity index (χ2v) is 3.54. The van der Waals surface area contributed by atoms with Crippen molar-refractivity contribution in [1.82, 2.24) is 14.6 Å². The predicted octanol–water partition coefficient (Wildman–Crippen LogP) is 2.24. The zero-order chi connectivity index (χ0) is 8.67. The largest absolute Gasteiger partial charge is 0.264 e. The van der Waals surface area contributed by atoms with E-state index in [2.05, 4.69) is 14.6 Å². The third-order valence-electron chi connectivity index (χ3n) is 2.03. The molecule has 0 fully saturated rings. The predicted molar refractivity (Wildman–Crippen MR) is 52.7 cm³/mol.